The molecular formula is C21H17N. The Hall–Kier alpha value is -2.41. The van der Waals surface area contributed by atoms with Gasteiger partial charge in [-0.15, -0.1) is 0 Å². The second-order valence-corrected chi connectivity index (χ2v) is 6.42. The lowest BCUT2D eigenvalue weighted by molar-refractivity contribution is 0.650. The predicted molar refractivity (Wildman–Crippen MR) is 88.2 cm³/mol. The highest BCUT2D eigenvalue weighted by Crippen LogP contribution is 2.47. The molecule has 0 amide bonds. The van der Waals surface area contributed by atoms with Crippen molar-refractivity contribution in [1.82, 2.24) is 4.98 Å². The number of nitrogens with zero attached hydrogens (tertiary/aromatic N) is 1. The molecule has 6 rings (SSSR count). The van der Waals surface area contributed by atoms with Gasteiger partial charge in [-0.25, -0.2) is 0 Å². The summed E-state index contributed by atoms with van der Waals surface area (Å²) in [5.41, 5.74) is 8.94. The number of hydrogen-bond donors (Lipinski definition) is 0. The van der Waals surface area contributed by atoms with Crippen LogP contribution in [-0.4, -0.2) is 4.98 Å². The van der Waals surface area contributed by atoms with E-state index in [0.29, 0.717) is 11.8 Å². The predicted octanol–water partition coefficient (Wildman–Crippen LogP) is 4.46. The highest BCUT2D eigenvalue weighted by atomic mass is 14.6. The molecule has 0 spiro atoms. The lowest BCUT2D eigenvalue weighted by Gasteiger charge is -2.37. The summed E-state index contributed by atoms with van der Waals surface area (Å²) in [7, 11) is 0. The van der Waals surface area contributed by atoms with Crippen LogP contribution in [0.1, 0.15) is 45.2 Å². The topological polar surface area (TPSA) is 12.9 Å². The van der Waals surface area contributed by atoms with Gasteiger partial charge in [0.1, 0.15) is 0 Å². The van der Waals surface area contributed by atoms with Crippen molar-refractivity contribution in [3.05, 3.63) is 100 Å². The largest absolute Gasteiger partial charge is 0.264 e. The zero-order chi connectivity index (χ0) is 14.5. The normalized spacial score (nSPS) is 21.3. The molecule has 1 heterocycles. The van der Waals surface area contributed by atoms with Crippen LogP contribution in [-0.2, 0) is 12.8 Å². The van der Waals surface area contributed by atoms with Crippen molar-refractivity contribution in [1.29, 1.82) is 0 Å². The lowest BCUT2D eigenvalue weighted by atomic mass is 9.67. The van der Waals surface area contributed by atoms with Crippen LogP contribution in [0.4, 0.5) is 0 Å². The Balaban J connectivity index is 1.81. The van der Waals surface area contributed by atoms with Crippen LogP contribution >= 0.6 is 0 Å². The number of benzene rings is 2. The Morgan fingerprint density at radius 1 is 0.636 bits per heavy atom. The summed E-state index contributed by atoms with van der Waals surface area (Å²) in [5, 5.41) is 0. The molecular weight excluding hydrogens is 266 g/mol. The average Bonchev–Trinajstić information content (AvgIpc) is 2.56. The van der Waals surface area contributed by atoms with Crippen molar-refractivity contribution >= 4 is 0 Å². The van der Waals surface area contributed by atoms with E-state index in [2.05, 4.69) is 65.8 Å². The van der Waals surface area contributed by atoms with Crippen LogP contribution in [0.15, 0.2) is 67.0 Å². The van der Waals surface area contributed by atoms with E-state index >= 15 is 0 Å². The van der Waals surface area contributed by atoms with E-state index in [9.17, 15) is 0 Å². The highest BCUT2D eigenvalue weighted by molar-refractivity contribution is 5.55. The minimum Gasteiger partial charge on any atom is -0.264 e. The van der Waals surface area contributed by atoms with Crippen LogP contribution in [0.5, 0.6) is 0 Å². The summed E-state index contributed by atoms with van der Waals surface area (Å²) in [6, 6.07) is 20.2. The molecule has 0 N–H and O–H groups in total. The first-order valence-electron chi connectivity index (χ1n) is 8.01. The minimum absolute atomic E-state index is 0.442. The fourth-order valence-electron chi connectivity index (χ4n) is 4.34. The van der Waals surface area contributed by atoms with E-state index in [-0.39, 0.29) is 0 Å². The average molecular weight is 283 g/mol. The van der Waals surface area contributed by atoms with Crippen LogP contribution in [0.3, 0.4) is 0 Å². The van der Waals surface area contributed by atoms with Gasteiger partial charge in [0, 0.05) is 24.2 Å². The quantitative estimate of drug-likeness (QED) is 0.593. The smallest absolute Gasteiger partial charge is 0.0309 e. The van der Waals surface area contributed by atoms with Gasteiger partial charge in [0.2, 0.25) is 0 Å². The molecule has 106 valence electrons. The SMILES string of the molecule is c1ccc2c(c1)CC1c3ccccc3C(C2)c2cnccc21. The van der Waals surface area contributed by atoms with Gasteiger partial charge in [-0.1, -0.05) is 48.5 Å². The Morgan fingerprint density at radius 3 is 1.86 bits per heavy atom. The van der Waals surface area contributed by atoms with Gasteiger partial charge in [-0.05, 0) is 52.3 Å². The molecule has 3 aromatic rings. The van der Waals surface area contributed by atoms with Gasteiger partial charge in [-0.2, -0.15) is 0 Å². The summed E-state index contributed by atoms with van der Waals surface area (Å²) in [4.78, 5) is 4.42. The molecule has 0 saturated carbocycles. The summed E-state index contributed by atoms with van der Waals surface area (Å²) < 4.78 is 0. The Labute approximate surface area is 130 Å². The standard InChI is InChI=1S/C21H17N/c1-2-6-15-12-20-17-8-4-3-7-16(17)19(11-14(15)5-1)18-9-10-22-13-21(18)20/h1-10,13,19-20H,11-12H2. The second-order valence-electron chi connectivity index (χ2n) is 6.42. The maximum absolute atomic E-state index is 4.42. The summed E-state index contributed by atoms with van der Waals surface area (Å²) >= 11 is 0. The first-order valence-corrected chi connectivity index (χ1v) is 8.01. The van der Waals surface area contributed by atoms with Crippen molar-refractivity contribution in [2.24, 2.45) is 0 Å². The number of aromatic nitrogens is 1. The van der Waals surface area contributed by atoms with Crippen LogP contribution in [0.2, 0.25) is 0 Å². The van der Waals surface area contributed by atoms with Crippen molar-refractivity contribution in [3.63, 3.8) is 0 Å². The molecule has 2 bridgehead atoms. The van der Waals surface area contributed by atoms with E-state index < -0.39 is 0 Å². The van der Waals surface area contributed by atoms with Gasteiger partial charge in [0.05, 0.1) is 0 Å². The summed E-state index contributed by atoms with van der Waals surface area (Å²) in [5.74, 6) is 0.907. The number of rotatable bonds is 0. The van der Waals surface area contributed by atoms with Gasteiger partial charge in [0.25, 0.3) is 0 Å². The third-order valence-corrected chi connectivity index (χ3v) is 5.35. The maximum atomic E-state index is 4.42. The van der Waals surface area contributed by atoms with E-state index in [1.807, 2.05) is 6.20 Å². The van der Waals surface area contributed by atoms with Gasteiger partial charge in [-0.3, -0.25) is 4.98 Å². The van der Waals surface area contributed by atoms with Gasteiger partial charge >= 0.3 is 0 Å². The van der Waals surface area contributed by atoms with Crippen molar-refractivity contribution in [3.8, 4) is 0 Å². The molecule has 1 nitrogen and oxygen atoms in total. The molecule has 2 unspecified atom stereocenters. The van der Waals surface area contributed by atoms with E-state index in [1.165, 1.54) is 33.4 Å². The molecule has 2 aromatic carbocycles. The monoisotopic (exact) mass is 283 g/mol. The van der Waals surface area contributed by atoms with Gasteiger partial charge < -0.3 is 0 Å². The second kappa shape index (κ2) is 4.54. The first-order chi connectivity index (χ1) is 10.9. The van der Waals surface area contributed by atoms with Crippen LogP contribution < -0.4 is 0 Å². The van der Waals surface area contributed by atoms with Crippen molar-refractivity contribution in [2.75, 3.05) is 0 Å². The molecule has 0 aliphatic heterocycles. The Bertz CT molecular complexity index is 747. The fraction of sp³-hybridized carbons (Fsp3) is 0.190. The molecule has 22 heavy (non-hydrogen) atoms. The molecule has 3 aliphatic carbocycles. The molecule has 0 saturated heterocycles. The summed E-state index contributed by atoms with van der Waals surface area (Å²) in [6.45, 7) is 0. The molecule has 1 heteroatoms. The minimum atomic E-state index is 0.442. The third kappa shape index (κ3) is 1.62. The van der Waals surface area contributed by atoms with E-state index in [0.717, 1.165) is 12.8 Å². The Morgan fingerprint density at radius 2 is 1.18 bits per heavy atom. The number of pyridine rings is 1. The molecule has 0 fully saturated rings. The fourth-order valence-corrected chi connectivity index (χ4v) is 4.34. The van der Waals surface area contributed by atoms with Gasteiger partial charge in [0.15, 0.2) is 0 Å². The zero-order valence-corrected chi connectivity index (χ0v) is 12.4. The highest BCUT2D eigenvalue weighted by Gasteiger charge is 2.34. The molecule has 0 radical (unpaired) electrons. The lowest BCUT2D eigenvalue weighted by Crippen LogP contribution is -2.24. The maximum Gasteiger partial charge on any atom is 0.0309 e. The van der Waals surface area contributed by atoms with E-state index in [1.54, 1.807) is 0 Å². The first kappa shape index (κ1) is 12.2. The van der Waals surface area contributed by atoms with Crippen LogP contribution in [0, 0.1) is 0 Å². The Kier molecular flexibility index (Phi) is 2.51. The van der Waals surface area contributed by atoms with Crippen LogP contribution in [0.25, 0.3) is 0 Å². The third-order valence-electron chi connectivity index (χ3n) is 5.35. The number of hydrogen-bond acceptors (Lipinski definition) is 1. The van der Waals surface area contributed by atoms with Crippen molar-refractivity contribution in [2.45, 2.75) is 24.7 Å². The summed E-state index contributed by atoms with van der Waals surface area (Å²) in [6.07, 6.45) is 6.22. The van der Waals surface area contributed by atoms with E-state index in [4.69, 9.17) is 0 Å². The van der Waals surface area contributed by atoms with Crippen molar-refractivity contribution < 1.29 is 0 Å². The molecule has 3 aliphatic rings. The molecule has 1 aromatic heterocycles. The zero-order valence-electron chi connectivity index (χ0n) is 12.4. The molecule has 2 atom stereocenters.